The molecule has 50 heavy (non-hydrogen) atoms. The van der Waals surface area contributed by atoms with Crippen molar-refractivity contribution < 1.29 is 37.9 Å². The van der Waals surface area contributed by atoms with E-state index in [4.69, 9.17) is 19.3 Å². The Morgan fingerprint density at radius 1 is 0.520 bits per heavy atom. The van der Waals surface area contributed by atoms with Gasteiger partial charge in [0.2, 0.25) is 0 Å². The molecule has 8 nitrogen and oxygen atoms in total. The van der Waals surface area contributed by atoms with Gasteiger partial charge < -0.3 is 19.3 Å². The maximum atomic E-state index is 12.4. The van der Waals surface area contributed by atoms with Gasteiger partial charge in [0.05, 0.1) is 6.61 Å². The van der Waals surface area contributed by atoms with Gasteiger partial charge in [-0.25, -0.2) is 4.57 Å². The molecule has 294 valence electrons. The summed E-state index contributed by atoms with van der Waals surface area (Å²) in [7, 11) is -4.75. The Bertz CT molecular complexity index is 869. The minimum absolute atomic E-state index is 0.199. The molecular weight excluding hydrogens is 651 g/mol. The second-order valence-corrected chi connectivity index (χ2v) is 15.2. The van der Waals surface area contributed by atoms with Gasteiger partial charge in [0.25, 0.3) is 0 Å². The van der Waals surface area contributed by atoms with E-state index in [1.54, 1.807) is 0 Å². The summed E-state index contributed by atoms with van der Waals surface area (Å²) in [6.45, 7) is 3.67. The maximum absolute atomic E-state index is 12.4. The van der Waals surface area contributed by atoms with Crippen LogP contribution in [0.25, 0.3) is 0 Å². The highest BCUT2D eigenvalue weighted by molar-refractivity contribution is 7.46. The molecular formula is C41H77O8P. The first-order valence-corrected chi connectivity index (χ1v) is 22.2. The zero-order valence-corrected chi connectivity index (χ0v) is 33.2. The lowest BCUT2D eigenvalue weighted by atomic mass is 10.0. The third-order valence-corrected chi connectivity index (χ3v) is 9.46. The molecule has 0 aromatic heterocycles. The highest BCUT2D eigenvalue weighted by atomic mass is 31.2. The first-order chi connectivity index (χ1) is 24.3. The summed E-state index contributed by atoms with van der Waals surface area (Å²) in [5, 5.41) is 0. The fourth-order valence-corrected chi connectivity index (χ4v) is 6.23. The molecule has 0 saturated carbocycles. The number of esters is 2. The number of carbonyl (C=O) groups is 2. The van der Waals surface area contributed by atoms with Gasteiger partial charge in [-0.1, -0.05) is 173 Å². The number of phosphoric ester groups is 1. The van der Waals surface area contributed by atoms with E-state index in [0.717, 1.165) is 57.8 Å². The van der Waals surface area contributed by atoms with Crippen LogP contribution in [0.3, 0.4) is 0 Å². The average Bonchev–Trinajstić information content (AvgIpc) is 3.08. The van der Waals surface area contributed by atoms with Gasteiger partial charge >= 0.3 is 19.8 Å². The Kier molecular flexibility index (Phi) is 36.2. The number of allylic oxidation sites excluding steroid dienone is 4. The smallest absolute Gasteiger partial charge is 0.462 e. The molecule has 0 aliphatic heterocycles. The SMILES string of the molecule is CCCCCC/C=C\C/C=C\CCCCCCCC(=O)OC(COC(=O)CCCCCCCCCCCCCCCCCC)COP(=O)(O)O. The van der Waals surface area contributed by atoms with Gasteiger partial charge in [-0.3, -0.25) is 14.1 Å². The molecule has 0 aromatic rings. The number of phosphoric acid groups is 1. The molecule has 9 heteroatoms. The van der Waals surface area contributed by atoms with E-state index in [0.29, 0.717) is 6.42 Å². The van der Waals surface area contributed by atoms with Crippen molar-refractivity contribution in [3.8, 4) is 0 Å². The number of ether oxygens (including phenoxy) is 2. The lowest BCUT2D eigenvalue weighted by Gasteiger charge is -2.18. The van der Waals surface area contributed by atoms with Crippen LogP contribution in [0, 0.1) is 0 Å². The predicted octanol–water partition coefficient (Wildman–Crippen LogP) is 12.4. The zero-order valence-electron chi connectivity index (χ0n) is 32.3. The van der Waals surface area contributed by atoms with Crippen molar-refractivity contribution in [2.75, 3.05) is 13.2 Å². The summed E-state index contributed by atoms with van der Waals surface area (Å²) in [5.41, 5.74) is 0. The highest BCUT2D eigenvalue weighted by Crippen LogP contribution is 2.36. The van der Waals surface area contributed by atoms with Crippen molar-refractivity contribution in [2.45, 2.75) is 213 Å². The second kappa shape index (κ2) is 37.3. The summed E-state index contributed by atoms with van der Waals surface area (Å²) in [4.78, 5) is 42.8. The number of hydrogen-bond acceptors (Lipinski definition) is 6. The van der Waals surface area contributed by atoms with Crippen LogP contribution in [-0.4, -0.2) is 41.0 Å². The third kappa shape index (κ3) is 39.3. The van der Waals surface area contributed by atoms with E-state index in [-0.39, 0.29) is 19.4 Å². The van der Waals surface area contributed by atoms with Crippen LogP contribution < -0.4 is 0 Å². The van der Waals surface area contributed by atoms with Crippen LogP contribution in [-0.2, 0) is 28.2 Å². The maximum Gasteiger partial charge on any atom is 0.469 e. The summed E-state index contributed by atoms with van der Waals surface area (Å²) < 4.78 is 26.4. The summed E-state index contributed by atoms with van der Waals surface area (Å²) >= 11 is 0. The quantitative estimate of drug-likeness (QED) is 0.0279. The molecule has 2 N–H and O–H groups in total. The van der Waals surface area contributed by atoms with Crippen molar-refractivity contribution in [3.63, 3.8) is 0 Å². The summed E-state index contributed by atoms with van der Waals surface area (Å²) in [6, 6.07) is 0. The topological polar surface area (TPSA) is 119 Å². The molecule has 0 aliphatic rings. The van der Waals surface area contributed by atoms with Gasteiger partial charge in [-0.15, -0.1) is 0 Å². The molecule has 0 spiro atoms. The molecule has 0 heterocycles. The highest BCUT2D eigenvalue weighted by Gasteiger charge is 2.22. The molecule has 0 aliphatic carbocycles. The molecule has 0 fully saturated rings. The predicted molar refractivity (Wildman–Crippen MR) is 207 cm³/mol. The minimum atomic E-state index is -4.75. The van der Waals surface area contributed by atoms with Crippen molar-refractivity contribution in [1.82, 2.24) is 0 Å². The van der Waals surface area contributed by atoms with Gasteiger partial charge in [-0.05, 0) is 44.9 Å². The van der Waals surface area contributed by atoms with Crippen molar-refractivity contribution in [2.24, 2.45) is 0 Å². The van der Waals surface area contributed by atoms with E-state index < -0.39 is 32.5 Å². The molecule has 0 saturated heterocycles. The molecule has 1 atom stereocenters. The van der Waals surface area contributed by atoms with Crippen molar-refractivity contribution in [1.29, 1.82) is 0 Å². The van der Waals surface area contributed by atoms with Crippen LogP contribution >= 0.6 is 7.82 Å². The molecule has 0 radical (unpaired) electrons. The van der Waals surface area contributed by atoms with E-state index in [2.05, 4.69) is 42.7 Å². The van der Waals surface area contributed by atoms with Crippen LogP contribution in [0.15, 0.2) is 24.3 Å². The minimum Gasteiger partial charge on any atom is -0.462 e. The largest absolute Gasteiger partial charge is 0.469 e. The van der Waals surface area contributed by atoms with Crippen LogP contribution in [0.4, 0.5) is 0 Å². The fourth-order valence-electron chi connectivity index (χ4n) is 5.87. The van der Waals surface area contributed by atoms with Crippen molar-refractivity contribution in [3.05, 3.63) is 24.3 Å². The fraction of sp³-hybridized carbons (Fsp3) is 0.854. The van der Waals surface area contributed by atoms with E-state index in [1.165, 1.54) is 116 Å². The van der Waals surface area contributed by atoms with Crippen molar-refractivity contribution >= 4 is 19.8 Å². The Morgan fingerprint density at radius 2 is 0.900 bits per heavy atom. The number of hydrogen-bond donors (Lipinski definition) is 2. The standard InChI is InChI=1S/C41H77O8P/c1-3-5-7-9-11-13-15-17-19-21-23-25-27-29-31-33-35-40(42)47-37-39(38-48-50(44,45)46)49-41(43)36-34-32-30-28-26-24-22-20-18-16-14-12-10-8-6-4-2/h14,16,20,22,39H,3-13,15,17-19,21,23-38H2,1-2H3,(H2,44,45,46)/b16-14-,22-20-. The molecule has 0 aromatic carbocycles. The molecule has 0 rings (SSSR count). The average molecular weight is 729 g/mol. The third-order valence-electron chi connectivity index (χ3n) is 8.97. The number of unbranched alkanes of at least 4 members (excludes halogenated alkanes) is 24. The lowest BCUT2D eigenvalue weighted by molar-refractivity contribution is -0.161. The Morgan fingerprint density at radius 3 is 1.34 bits per heavy atom. The summed E-state index contributed by atoms with van der Waals surface area (Å²) in [5.74, 6) is -0.892. The van der Waals surface area contributed by atoms with Gasteiger partial charge in [-0.2, -0.15) is 0 Å². The van der Waals surface area contributed by atoms with E-state index in [9.17, 15) is 14.2 Å². The van der Waals surface area contributed by atoms with Crippen LogP contribution in [0.1, 0.15) is 206 Å². The van der Waals surface area contributed by atoms with Gasteiger partial charge in [0.15, 0.2) is 6.10 Å². The first kappa shape index (κ1) is 48.5. The molecule has 0 amide bonds. The Labute approximate surface area is 307 Å². The number of rotatable bonds is 38. The van der Waals surface area contributed by atoms with Gasteiger partial charge in [0, 0.05) is 12.8 Å². The van der Waals surface area contributed by atoms with Crippen LogP contribution in [0.5, 0.6) is 0 Å². The number of carbonyl (C=O) groups excluding carboxylic acids is 2. The second-order valence-electron chi connectivity index (χ2n) is 14.0. The Balaban J connectivity index is 3.93. The zero-order chi connectivity index (χ0) is 36.8. The van der Waals surface area contributed by atoms with Gasteiger partial charge in [0.1, 0.15) is 6.61 Å². The van der Waals surface area contributed by atoms with E-state index in [1.807, 2.05) is 0 Å². The molecule has 0 bridgehead atoms. The summed E-state index contributed by atoms with van der Waals surface area (Å²) in [6.07, 6.45) is 41.8. The Hall–Kier alpha value is -1.47. The lowest BCUT2D eigenvalue weighted by Crippen LogP contribution is -2.29. The first-order valence-electron chi connectivity index (χ1n) is 20.6. The normalized spacial score (nSPS) is 12.6. The monoisotopic (exact) mass is 729 g/mol. The van der Waals surface area contributed by atoms with E-state index >= 15 is 0 Å². The van der Waals surface area contributed by atoms with Crippen LogP contribution in [0.2, 0.25) is 0 Å². The molecule has 1 unspecified atom stereocenters.